The Balaban J connectivity index is 2.04. The molecule has 1 aliphatic heterocycles. The highest BCUT2D eigenvalue weighted by Crippen LogP contribution is 2.22. The molecule has 2 amide bonds. The summed E-state index contributed by atoms with van der Waals surface area (Å²) in [5, 5.41) is 0. The molecule has 0 unspecified atom stereocenters. The molecule has 0 bridgehead atoms. The van der Waals surface area contributed by atoms with Crippen LogP contribution in [0.4, 0.5) is 0 Å². The second kappa shape index (κ2) is 7.24. The Bertz CT molecular complexity index is 612. The van der Waals surface area contributed by atoms with Crippen LogP contribution in [0.15, 0.2) is 18.2 Å². The molecular weight excluding hydrogens is 304 g/mol. The first-order valence-corrected chi connectivity index (χ1v) is 8.53. The van der Waals surface area contributed by atoms with Gasteiger partial charge >= 0.3 is 0 Å². The van der Waals surface area contributed by atoms with Crippen molar-refractivity contribution in [3.63, 3.8) is 0 Å². The highest BCUT2D eigenvalue weighted by Gasteiger charge is 2.31. The topological polar surface area (TPSA) is 49.9 Å². The van der Waals surface area contributed by atoms with Crippen molar-refractivity contribution >= 4 is 11.8 Å². The summed E-state index contributed by atoms with van der Waals surface area (Å²) >= 11 is 0. The van der Waals surface area contributed by atoms with E-state index in [4.69, 9.17) is 4.74 Å². The van der Waals surface area contributed by atoms with Crippen molar-refractivity contribution in [2.75, 3.05) is 33.3 Å². The maximum atomic E-state index is 12.7. The first kappa shape index (κ1) is 18.3. The molecule has 0 atom stereocenters. The van der Waals surface area contributed by atoms with Crippen molar-refractivity contribution in [3.05, 3.63) is 29.3 Å². The molecule has 132 valence electrons. The van der Waals surface area contributed by atoms with Gasteiger partial charge in [0.05, 0.1) is 7.11 Å². The predicted octanol–water partition coefficient (Wildman–Crippen LogP) is 2.59. The third-order valence-corrected chi connectivity index (χ3v) is 4.40. The molecule has 0 aromatic heterocycles. The van der Waals surface area contributed by atoms with E-state index in [1.54, 1.807) is 7.11 Å². The van der Waals surface area contributed by atoms with Crippen molar-refractivity contribution in [2.45, 2.75) is 34.1 Å². The van der Waals surface area contributed by atoms with Gasteiger partial charge in [0, 0.05) is 37.2 Å². The van der Waals surface area contributed by atoms with Crippen LogP contribution in [0.2, 0.25) is 0 Å². The third kappa shape index (κ3) is 3.89. The molecule has 1 saturated heterocycles. The van der Waals surface area contributed by atoms with Crippen LogP contribution in [0.5, 0.6) is 5.75 Å². The molecule has 0 radical (unpaired) electrons. The number of piperazine rings is 1. The van der Waals surface area contributed by atoms with Crippen LogP contribution in [-0.4, -0.2) is 54.9 Å². The summed E-state index contributed by atoms with van der Waals surface area (Å²) in [5.41, 5.74) is 1.34. The molecule has 1 fully saturated rings. The van der Waals surface area contributed by atoms with Gasteiger partial charge in [0.1, 0.15) is 5.75 Å². The zero-order valence-corrected chi connectivity index (χ0v) is 15.4. The number of carbonyl (C=O) groups is 2. The number of hydrogen-bond donors (Lipinski definition) is 0. The fourth-order valence-electron chi connectivity index (χ4n) is 2.96. The van der Waals surface area contributed by atoms with E-state index < -0.39 is 0 Å². The summed E-state index contributed by atoms with van der Waals surface area (Å²) < 4.78 is 5.32. The summed E-state index contributed by atoms with van der Waals surface area (Å²) in [6.07, 6.45) is 0.818. The minimum atomic E-state index is -0.377. The van der Waals surface area contributed by atoms with Gasteiger partial charge in [0.15, 0.2) is 0 Å². The highest BCUT2D eigenvalue weighted by atomic mass is 16.5. The molecule has 1 aromatic carbocycles. The lowest BCUT2D eigenvalue weighted by Gasteiger charge is -2.37. The van der Waals surface area contributed by atoms with Crippen LogP contribution >= 0.6 is 0 Å². The lowest BCUT2D eigenvalue weighted by atomic mass is 9.94. The van der Waals surface area contributed by atoms with E-state index >= 15 is 0 Å². The van der Waals surface area contributed by atoms with E-state index in [0.29, 0.717) is 31.7 Å². The Morgan fingerprint density at radius 3 is 2.17 bits per heavy atom. The molecule has 0 saturated carbocycles. The van der Waals surface area contributed by atoms with Crippen LogP contribution < -0.4 is 4.74 Å². The van der Waals surface area contributed by atoms with E-state index in [1.807, 2.05) is 55.7 Å². The van der Waals surface area contributed by atoms with Gasteiger partial charge in [-0.25, -0.2) is 0 Å². The number of benzene rings is 1. The van der Waals surface area contributed by atoms with Crippen molar-refractivity contribution in [3.8, 4) is 5.75 Å². The maximum absolute atomic E-state index is 12.7. The van der Waals surface area contributed by atoms with Crippen molar-refractivity contribution in [2.24, 2.45) is 5.41 Å². The van der Waals surface area contributed by atoms with Crippen molar-refractivity contribution in [1.29, 1.82) is 0 Å². The minimum absolute atomic E-state index is 0.0233. The molecule has 5 heteroatoms. The standard InChI is InChI=1S/C19H28N2O3/c1-6-14-13-15(7-8-16(14)24-5)17(22)20-9-11-21(12-10-20)18(23)19(2,3)4/h7-8,13H,6,9-12H2,1-5H3. The number of hydrogen-bond acceptors (Lipinski definition) is 3. The van der Waals surface area contributed by atoms with Gasteiger partial charge in [-0.3, -0.25) is 9.59 Å². The highest BCUT2D eigenvalue weighted by molar-refractivity contribution is 5.95. The lowest BCUT2D eigenvalue weighted by molar-refractivity contribution is -0.140. The van der Waals surface area contributed by atoms with Gasteiger partial charge in [-0.05, 0) is 30.2 Å². The molecule has 1 aromatic rings. The van der Waals surface area contributed by atoms with E-state index in [0.717, 1.165) is 17.7 Å². The number of amides is 2. The van der Waals surface area contributed by atoms with E-state index in [-0.39, 0.29) is 17.2 Å². The van der Waals surface area contributed by atoms with Crippen LogP contribution in [0.1, 0.15) is 43.6 Å². The number of carbonyl (C=O) groups excluding carboxylic acids is 2. The third-order valence-electron chi connectivity index (χ3n) is 4.40. The lowest BCUT2D eigenvalue weighted by Crippen LogP contribution is -2.53. The number of aryl methyl sites for hydroxylation is 1. The van der Waals surface area contributed by atoms with E-state index in [1.165, 1.54) is 0 Å². The van der Waals surface area contributed by atoms with E-state index in [2.05, 4.69) is 0 Å². The zero-order chi connectivity index (χ0) is 17.9. The molecule has 1 aliphatic rings. The molecule has 0 N–H and O–H groups in total. The Labute approximate surface area is 144 Å². The Morgan fingerprint density at radius 1 is 1.08 bits per heavy atom. The zero-order valence-electron chi connectivity index (χ0n) is 15.4. The summed E-state index contributed by atoms with van der Waals surface area (Å²) in [7, 11) is 1.64. The van der Waals surface area contributed by atoms with Crippen LogP contribution in [0.3, 0.4) is 0 Å². The summed E-state index contributed by atoms with van der Waals surface area (Å²) in [6, 6.07) is 5.58. The van der Waals surface area contributed by atoms with Gasteiger partial charge < -0.3 is 14.5 Å². The van der Waals surface area contributed by atoms with Gasteiger partial charge in [0.25, 0.3) is 5.91 Å². The normalized spacial score (nSPS) is 15.4. The molecule has 5 nitrogen and oxygen atoms in total. The predicted molar refractivity (Wildman–Crippen MR) is 94.3 cm³/mol. The summed E-state index contributed by atoms with van der Waals surface area (Å²) in [5.74, 6) is 0.983. The number of ether oxygens (including phenoxy) is 1. The molecule has 2 rings (SSSR count). The average molecular weight is 332 g/mol. The largest absolute Gasteiger partial charge is 0.496 e. The van der Waals surface area contributed by atoms with Crippen molar-refractivity contribution < 1.29 is 14.3 Å². The molecule has 0 spiro atoms. The molecule has 24 heavy (non-hydrogen) atoms. The second-order valence-electron chi connectivity index (χ2n) is 7.21. The Morgan fingerprint density at radius 2 is 1.67 bits per heavy atom. The monoisotopic (exact) mass is 332 g/mol. The fraction of sp³-hybridized carbons (Fsp3) is 0.579. The summed E-state index contributed by atoms with van der Waals surface area (Å²) in [6.45, 7) is 10.2. The fourth-order valence-corrected chi connectivity index (χ4v) is 2.96. The Kier molecular flexibility index (Phi) is 5.52. The van der Waals surface area contributed by atoms with Gasteiger partial charge in [-0.1, -0.05) is 27.7 Å². The minimum Gasteiger partial charge on any atom is -0.496 e. The van der Waals surface area contributed by atoms with Gasteiger partial charge in [-0.2, -0.15) is 0 Å². The molecule has 1 heterocycles. The van der Waals surface area contributed by atoms with Gasteiger partial charge in [-0.15, -0.1) is 0 Å². The number of nitrogens with zero attached hydrogens (tertiary/aromatic N) is 2. The first-order chi connectivity index (χ1) is 11.3. The maximum Gasteiger partial charge on any atom is 0.253 e. The quantitative estimate of drug-likeness (QED) is 0.855. The van der Waals surface area contributed by atoms with Gasteiger partial charge in [0.2, 0.25) is 5.91 Å². The Hall–Kier alpha value is -2.04. The average Bonchev–Trinajstić information content (AvgIpc) is 2.59. The number of methoxy groups -OCH3 is 1. The molecular formula is C19H28N2O3. The SMILES string of the molecule is CCc1cc(C(=O)N2CCN(C(=O)C(C)(C)C)CC2)ccc1OC. The summed E-state index contributed by atoms with van der Waals surface area (Å²) in [4.78, 5) is 28.7. The second-order valence-corrected chi connectivity index (χ2v) is 7.21. The molecule has 0 aliphatic carbocycles. The smallest absolute Gasteiger partial charge is 0.253 e. The van der Waals surface area contributed by atoms with Crippen LogP contribution in [0, 0.1) is 5.41 Å². The first-order valence-electron chi connectivity index (χ1n) is 8.53. The number of rotatable bonds is 3. The van der Waals surface area contributed by atoms with Crippen LogP contribution in [-0.2, 0) is 11.2 Å². The van der Waals surface area contributed by atoms with E-state index in [9.17, 15) is 9.59 Å². The van der Waals surface area contributed by atoms with Crippen molar-refractivity contribution in [1.82, 2.24) is 9.80 Å². The van der Waals surface area contributed by atoms with Crippen LogP contribution in [0.25, 0.3) is 0 Å².